The molecule has 1 heterocycles. The van der Waals surface area contributed by atoms with Gasteiger partial charge in [-0.2, -0.15) is 0 Å². The summed E-state index contributed by atoms with van der Waals surface area (Å²) in [5, 5.41) is 8.22. The number of ether oxygens (including phenoxy) is 2. The molecule has 0 aliphatic rings. The van der Waals surface area contributed by atoms with Gasteiger partial charge in [-0.3, -0.25) is 0 Å². The molecule has 2 aromatic rings. The standard InChI is InChI=1S/C13H11Br2ClN2O2/c1-6-7(2)13(18-17-12(6)16)20-11-5-8(14)10(19-3)4-9(11)15/h4-5H,1-3H3. The summed E-state index contributed by atoms with van der Waals surface area (Å²) < 4.78 is 12.5. The molecule has 0 fully saturated rings. The summed E-state index contributed by atoms with van der Waals surface area (Å²) in [6.45, 7) is 3.76. The molecule has 4 nitrogen and oxygen atoms in total. The minimum absolute atomic E-state index is 0.379. The van der Waals surface area contributed by atoms with Crippen molar-refractivity contribution in [3.05, 3.63) is 37.4 Å². The Morgan fingerprint density at radius 2 is 1.60 bits per heavy atom. The first-order valence-corrected chi connectivity index (χ1v) is 7.60. The SMILES string of the molecule is COc1cc(Br)c(Oc2nnc(Cl)c(C)c2C)cc1Br. The summed E-state index contributed by atoms with van der Waals surface area (Å²) in [5.41, 5.74) is 1.70. The minimum atomic E-state index is 0.379. The van der Waals surface area contributed by atoms with E-state index in [1.165, 1.54) is 0 Å². The zero-order valence-electron chi connectivity index (χ0n) is 11.0. The van der Waals surface area contributed by atoms with E-state index in [0.29, 0.717) is 22.5 Å². The molecule has 0 spiro atoms. The number of methoxy groups -OCH3 is 1. The van der Waals surface area contributed by atoms with Crippen LogP contribution in [0, 0.1) is 13.8 Å². The van der Waals surface area contributed by atoms with E-state index < -0.39 is 0 Å². The lowest BCUT2D eigenvalue weighted by Crippen LogP contribution is -1.98. The van der Waals surface area contributed by atoms with Crippen LogP contribution >= 0.6 is 43.5 Å². The van der Waals surface area contributed by atoms with Crippen molar-refractivity contribution < 1.29 is 9.47 Å². The second kappa shape index (κ2) is 6.28. The number of nitrogens with zero attached hydrogens (tertiary/aromatic N) is 2. The second-order valence-electron chi connectivity index (χ2n) is 4.07. The zero-order valence-corrected chi connectivity index (χ0v) is 14.9. The predicted octanol–water partition coefficient (Wildman–Crippen LogP) is 5.07. The average molecular weight is 423 g/mol. The average Bonchev–Trinajstić information content (AvgIpc) is 2.43. The molecule has 0 aliphatic carbocycles. The van der Waals surface area contributed by atoms with E-state index in [9.17, 15) is 0 Å². The number of benzene rings is 1. The van der Waals surface area contributed by atoms with Crippen molar-refractivity contribution in [3.63, 3.8) is 0 Å². The van der Waals surface area contributed by atoms with Gasteiger partial charge in [0.2, 0.25) is 5.88 Å². The second-order valence-corrected chi connectivity index (χ2v) is 6.13. The van der Waals surface area contributed by atoms with Crippen molar-refractivity contribution in [2.45, 2.75) is 13.8 Å². The third-order valence-electron chi connectivity index (χ3n) is 2.83. The fourth-order valence-electron chi connectivity index (χ4n) is 1.50. The van der Waals surface area contributed by atoms with E-state index in [4.69, 9.17) is 21.1 Å². The lowest BCUT2D eigenvalue weighted by molar-refractivity contribution is 0.407. The lowest BCUT2D eigenvalue weighted by atomic mass is 10.2. The van der Waals surface area contributed by atoms with E-state index in [2.05, 4.69) is 42.1 Å². The number of hydrogen-bond donors (Lipinski definition) is 0. The molecule has 0 saturated heterocycles. The van der Waals surface area contributed by atoms with Crippen LogP contribution in [0.2, 0.25) is 5.15 Å². The molecule has 1 aromatic heterocycles. The van der Waals surface area contributed by atoms with Crippen molar-refractivity contribution in [1.29, 1.82) is 0 Å². The number of halogens is 3. The Kier molecular flexibility index (Phi) is 4.88. The molecule has 0 N–H and O–H groups in total. The van der Waals surface area contributed by atoms with Crippen molar-refractivity contribution in [3.8, 4) is 17.4 Å². The first-order valence-electron chi connectivity index (χ1n) is 5.64. The fraction of sp³-hybridized carbons (Fsp3) is 0.231. The molecule has 7 heteroatoms. The highest BCUT2D eigenvalue weighted by Crippen LogP contribution is 2.38. The van der Waals surface area contributed by atoms with Crippen molar-refractivity contribution in [2.75, 3.05) is 7.11 Å². The first kappa shape index (κ1) is 15.5. The van der Waals surface area contributed by atoms with Crippen molar-refractivity contribution in [2.24, 2.45) is 0 Å². The Balaban J connectivity index is 2.40. The van der Waals surface area contributed by atoms with Crippen LogP contribution in [-0.2, 0) is 0 Å². The largest absolute Gasteiger partial charge is 0.496 e. The highest BCUT2D eigenvalue weighted by atomic mass is 79.9. The van der Waals surface area contributed by atoms with Gasteiger partial charge in [0.15, 0.2) is 5.15 Å². The Morgan fingerprint density at radius 1 is 1.00 bits per heavy atom. The zero-order chi connectivity index (χ0) is 14.9. The number of aromatic nitrogens is 2. The third kappa shape index (κ3) is 3.07. The molecule has 2 rings (SSSR count). The molecular weight excluding hydrogens is 411 g/mol. The third-order valence-corrected chi connectivity index (χ3v) is 4.43. The number of hydrogen-bond acceptors (Lipinski definition) is 4. The Labute approximate surface area is 138 Å². The van der Waals surface area contributed by atoms with Crippen LogP contribution in [0.3, 0.4) is 0 Å². The highest BCUT2D eigenvalue weighted by Gasteiger charge is 2.14. The van der Waals surface area contributed by atoms with E-state index in [-0.39, 0.29) is 0 Å². The van der Waals surface area contributed by atoms with Gasteiger partial charge in [-0.05, 0) is 63.4 Å². The van der Waals surface area contributed by atoms with Gasteiger partial charge in [-0.1, -0.05) is 11.6 Å². The van der Waals surface area contributed by atoms with Crippen LogP contribution in [0.4, 0.5) is 0 Å². The maximum absolute atomic E-state index is 5.92. The fourth-order valence-corrected chi connectivity index (χ4v) is 2.57. The maximum Gasteiger partial charge on any atom is 0.242 e. The maximum atomic E-state index is 5.92. The summed E-state index contributed by atoms with van der Waals surface area (Å²) in [6.07, 6.45) is 0. The predicted molar refractivity (Wildman–Crippen MR) is 85.0 cm³/mol. The van der Waals surface area contributed by atoms with Gasteiger partial charge in [-0.25, -0.2) is 0 Å². The van der Waals surface area contributed by atoms with Crippen LogP contribution in [0.25, 0.3) is 0 Å². The molecule has 20 heavy (non-hydrogen) atoms. The summed E-state index contributed by atoms with van der Waals surface area (Å²) in [7, 11) is 1.60. The van der Waals surface area contributed by atoms with Gasteiger partial charge in [0.05, 0.1) is 16.1 Å². The van der Waals surface area contributed by atoms with Crippen LogP contribution in [0.1, 0.15) is 11.1 Å². The molecule has 0 atom stereocenters. The van der Waals surface area contributed by atoms with Crippen LogP contribution < -0.4 is 9.47 Å². The molecule has 0 radical (unpaired) electrons. The summed E-state index contributed by atoms with van der Waals surface area (Å²) >= 11 is 12.8. The van der Waals surface area contributed by atoms with Gasteiger partial charge < -0.3 is 9.47 Å². The molecule has 0 bridgehead atoms. The smallest absolute Gasteiger partial charge is 0.242 e. The molecule has 0 aliphatic heterocycles. The van der Waals surface area contributed by atoms with Crippen LogP contribution in [0.5, 0.6) is 17.4 Å². The molecule has 1 aromatic carbocycles. The van der Waals surface area contributed by atoms with Crippen LogP contribution in [-0.4, -0.2) is 17.3 Å². The van der Waals surface area contributed by atoms with Gasteiger partial charge in [0.1, 0.15) is 11.5 Å². The lowest BCUT2D eigenvalue weighted by Gasteiger charge is -2.12. The Morgan fingerprint density at radius 3 is 2.25 bits per heavy atom. The van der Waals surface area contributed by atoms with E-state index >= 15 is 0 Å². The summed E-state index contributed by atoms with van der Waals surface area (Å²) in [4.78, 5) is 0. The molecule has 0 saturated carbocycles. The first-order chi connectivity index (χ1) is 9.43. The Bertz CT molecular complexity index is 665. The van der Waals surface area contributed by atoms with Crippen molar-refractivity contribution >= 4 is 43.5 Å². The minimum Gasteiger partial charge on any atom is -0.496 e. The normalized spacial score (nSPS) is 10.5. The molecular formula is C13H11Br2ClN2O2. The monoisotopic (exact) mass is 420 g/mol. The number of rotatable bonds is 3. The highest BCUT2D eigenvalue weighted by molar-refractivity contribution is 9.11. The van der Waals surface area contributed by atoms with Gasteiger partial charge in [-0.15, -0.1) is 10.2 Å². The summed E-state index contributed by atoms with van der Waals surface area (Å²) in [6, 6.07) is 3.61. The summed E-state index contributed by atoms with van der Waals surface area (Å²) in [5.74, 6) is 1.74. The van der Waals surface area contributed by atoms with Gasteiger partial charge >= 0.3 is 0 Å². The topological polar surface area (TPSA) is 44.2 Å². The van der Waals surface area contributed by atoms with Crippen LogP contribution in [0.15, 0.2) is 21.1 Å². The molecule has 0 unspecified atom stereocenters. The quantitative estimate of drug-likeness (QED) is 0.693. The molecule has 0 amide bonds. The van der Waals surface area contributed by atoms with Crippen molar-refractivity contribution in [1.82, 2.24) is 10.2 Å². The van der Waals surface area contributed by atoms with E-state index in [1.807, 2.05) is 19.9 Å². The molecule has 106 valence electrons. The van der Waals surface area contributed by atoms with E-state index in [1.54, 1.807) is 13.2 Å². The van der Waals surface area contributed by atoms with Gasteiger partial charge in [0, 0.05) is 5.56 Å². The Hall–Kier alpha value is -0.850. The van der Waals surface area contributed by atoms with E-state index in [0.717, 1.165) is 20.1 Å². The van der Waals surface area contributed by atoms with Gasteiger partial charge in [0.25, 0.3) is 0 Å².